The molecule has 0 N–H and O–H groups in total. The SMILES string of the molecule is O=C([O-])CN(CCN(CC(=O)[O-])[C@@H](Cc1ccccc1)C(=O)[O-])CCN(CC(=O)[O-])[C@@H](Cc1ccccc1)C(=O)[O-]. The summed E-state index contributed by atoms with van der Waals surface area (Å²) in [6.45, 7) is -3.12. The van der Waals surface area contributed by atoms with E-state index in [0.29, 0.717) is 11.1 Å². The van der Waals surface area contributed by atoms with Gasteiger partial charge in [-0.1, -0.05) is 60.7 Å². The Morgan fingerprint density at radius 1 is 0.512 bits per heavy atom. The van der Waals surface area contributed by atoms with Gasteiger partial charge in [0.05, 0.1) is 41.9 Å². The molecule has 0 amide bonds. The van der Waals surface area contributed by atoms with Gasteiger partial charge >= 0.3 is 0 Å². The second-order valence-corrected chi connectivity index (χ2v) is 9.38. The topological polar surface area (TPSA) is 210 Å². The van der Waals surface area contributed by atoms with Crippen molar-refractivity contribution in [3.05, 3.63) is 71.8 Å². The Morgan fingerprint density at radius 2 is 0.854 bits per heavy atom. The molecule has 0 aliphatic rings. The molecule has 0 aliphatic carbocycles. The number of carboxylic acid groups (broad SMARTS) is 5. The summed E-state index contributed by atoms with van der Waals surface area (Å²) in [4.78, 5) is 61.5. The number of rotatable bonds is 20. The maximum absolute atomic E-state index is 11.9. The molecule has 0 fully saturated rings. The van der Waals surface area contributed by atoms with E-state index in [1.165, 1.54) is 4.90 Å². The van der Waals surface area contributed by atoms with E-state index in [2.05, 4.69) is 0 Å². The number of carbonyl (C=O) groups excluding carboxylic acids is 5. The molecule has 0 saturated heterocycles. The zero-order valence-electron chi connectivity index (χ0n) is 22.2. The third kappa shape index (κ3) is 12.2. The molecule has 0 aromatic heterocycles. The molecule has 2 rings (SSSR count). The molecule has 13 heteroatoms. The van der Waals surface area contributed by atoms with Gasteiger partial charge in [-0.2, -0.15) is 0 Å². The Morgan fingerprint density at radius 3 is 1.15 bits per heavy atom. The minimum atomic E-state index is -1.56. The van der Waals surface area contributed by atoms with Crippen LogP contribution in [-0.4, -0.2) is 102 Å². The highest BCUT2D eigenvalue weighted by Crippen LogP contribution is 2.11. The van der Waals surface area contributed by atoms with E-state index in [4.69, 9.17) is 0 Å². The van der Waals surface area contributed by atoms with Crippen LogP contribution < -0.4 is 25.5 Å². The Kier molecular flexibility index (Phi) is 13.4. The largest absolute Gasteiger partial charge is 0.549 e. The van der Waals surface area contributed by atoms with E-state index in [-0.39, 0.29) is 39.0 Å². The second-order valence-electron chi connectivity index (χ2n) is 9.38. The van der Waals surface area contributed by atoms with E-state index in [9.17, 15) is 49.5 Å². The molecule has 0 spiro atoms. The summed E-state index contributed by atoms with van der Waals surface area (Å²) in [7, 11) is 0. The molecule has 13 nitrogen and oxygen atoms in total. The van der Waals surface area contributed by atoms with Crippen molar-refractivity contribution >= 4 is 29.8 Å². The molecule has 0 unspecified atom stereocenters. The molecule has 41 heavy (non-hydrogen) atoms. The number of nitrogens with zero attached hydrogens (tertiary/aromatic N) is 3. The fourth-order valence-electron chi connectivity index (χ4n) is 4.41. The Balaban J connectivity index is 2.20. The van der Waals surface area contributed by atoms with Gasteiger partial charge in [-0.3, -0.25) is 14.7 Å². The van der Waals surface area contributed by atoms with E-state index >= 15 is 0 Å². The standard InChI is InChI=1S/C28H35N3O10/c32-24(33)17-29(11-13-30(18-25(34)35)22(27(38)39)15-20-7-3-1-4-8-20)12-14-31(19-26(36)37)23(28(40)41)16-21-9-5-2-6-10-21/h1-10,22-23H,11-19H2,(H,32,33)(H,34,35)(H,36,37)(H,38,39)(H,40,41)/p-5/t22-,23-/m0/s1. The maximum Gasteiger partial charge on any atom is 0.0590 e. The van der Waals surface area contributed by atoms with Gasteiger partial charge in [0.2, 0.25) is 0 Å². The third-order valence-electron chi connectivity index (χ3n) is 6.39. The van der Waals surface area contributed by atoms with Gasteiger partial charge in [-0.15, -0.1) is 0 Å². The van der Waals surface area contributed by atoms with Crippen molar-refractivity contribution in [2.45, 2.75) is 24.9 Å². The molecular weight excluding hydrogens is 538 g/mol. The monoisotopic (exact) mass is 568 g/mol. The molecule has 0 heterocycles. The zero-order valence-corrected chi connectivity index (χ0v) is 22.2. The van der Waals surface area contributed by atoms with E-state index in [1.54, 1.807) is 60.7 Å². The fraction of sp³-hybridized carbons (Fsp3) is 0.393. The van der Waals surface area contributed by atoms with Gasteiger partial charge in [0.25, 0.3) is 0 Å². The molecule has 0 saturated carbocycles. The van der Waals surface area contributed by atoms with Gasteiger partial charge in [0.15, 0.2) is 0 Å². The Hall–Kier alpha value is -4.33. The average molecular weight is 569 g/mol. The second kappa shape index (κ2) is 16.7. The lowest BCUT2D eigenvalue weighted by molar-refractivity contribution is -0.317. The van der Waals surface area contributed by atoms with Crippen LogP contribution in [0.1, 0.15) is 11.1 Å². The summed E-state index contributed by atoms with van der Waals surface area (Å²) in [6, 6.07) is 14.0. The van der Waals surface area contributed by atoms with E-state index in [1.807, 2.05) is 0 Å². The van der Waals surface area contributed by atoms with Gasteiger partial charge in [-0.25, -0.2) is 0 Å². The first-order chi connectivity index (χ1) is 19.5. The predicted molar refractivity (Wildman–Crippen MR) is 132 cm³/mol. The fourth-order valence-corrected chi connectivity index (χ4v) is 4.41. The highest BCUT2D eigenvalue weighted by Gasteiger charge is 2.24. The Bertz CT molecular complexity index is 1080. The summed E-state index contributed by atoms with van der Waals surface area (Å²) < 4.78 is 0. The van der Waals surface area contributed by atoms with Crippen LogP contribution in [0.2, 0.25) is 0 Å². The summed E-state index contributed by atoms with van der Waals surface area (Å²) in [5.41, 5.74) is 1.20. The van der Waals surface area contributed by atoms with E-state index < -0.39 is 61.6 Å². The van der Waals surface area contributed by atoms with Crippen LogP contribution in [0.25, 0.3) is 0 Å². The van der Waals surface area contributed by atoms with Crippen LogP contribution in [0.4, 0.5) is 0 Å². The molecule has 2 aromatic rings. The van der Waals surface area contributed by atoms with Crippen LogP contribution in [0, 0.1) is 0 Å². The van der Waals surface area contributed by atoms with Crippen LogP contribution in [0.15, 0.2) is 60.7 Å². The maximum atomic E-state index is 11.9. The first-order valence-corrected chi connectivity index (χ1v) is 12.8. The van der Waals surface area contributed by atoms with Crippen molar-refractivity contribution in [2.75, 3.05) is 45.8 Å². The number of benzene rings is 2. The van der Waals surface area contributed by atoms with Crippen molar-refractivity contribution in [1.82, 2.24) is 14.7 Å². The van der Waals surface area contributed by atoms with Crippen LogP contribution >= 0.6 is 0 Å². The number of hydrogen-bond acceptors (Lipinski definition) is 13. The van der Waals surface area contributed by atoms with Crippen molar-refractivity contribution in [3.63, 3.8) is 0 Å². The average Bonchev–Trinajstić information content (AvgIpc) is 2.90. The molecule has 0 bridgehead atoms. The van der Waals surface area contributed by atoms with Gasteiger partial charge in [0, 0.05) is 45.8 Å². The highest BCUT2D eigenvalue weighted by atomic mass is 16.4. The number of hydrogen-bond donors (Lipinski definition) is 0. The van der Waals surface area contributed by atoms with Crippen LogP contribution in [0.3, 0.4) is 0 Å². The quantitative estimate of drug-likeness (QED) is 0.146. The lowest BCUT2D eigenvalue weighted by Gasteiger charge is -2.37. The number of carboxylic acids is 5. The Labute approximate surface area is 236 Å². The highest BCUT2D eigenvalue weighted by molar-refractivity contribution is 5.74. The lowest BCUT2D eigenvalue weighted by Crippen LogP contribution is -2.56. The smallest absolute Gasteiger partial charge is 0.0590 e. The van der Waals surface area contributed by atoms with Gasteiger partial charge in [0.1, 0.15) is 0 Å². The molecule has 0 radical (unpaired) electrons. The van der Waals surface area contributed by atoms with Crippen LogP contribution in [0.5, 0.6) is 0 Å². The molecule has 2 aromatic carbocycles. The number of aliphatic carboxylic acids is 5. The summed E-state index contributed by atoms with van der Waals surface area (Å²) >= 11 is 0. The molecular formula is C28H30N3O10-5. The van der Waals surface area contributed by atoms with Gasteiger partial charge < -0.3 is 49.5 Å². The van der Waals surface area contributed by atoms with Crippen molar-refractivity contribution in [2.24, 2.45) is 0 Å². The zero-order chi connectivity index (χ0) is 30.4. The first kappa shape index (κ1) is 32.9. The van der Waals surface area contributed by atoms with Crippen LogP contribution in [-0.2, 0) is 36.8 Å². The van der Waals surface area contributed by atoms with Crippen molar-refractivity contribution in [3.8, 4) is 0 Å². The van der Waals surface area contributed by atoms with E-state index in [0.717, 1.165) is 9.80 Å². The summed E-state index contributed by atoms with van der Waals surface area (Å²) in [5.74, 6) is -7.72. The third-order valence-corrected chi connectivity index (χ3v) is 6.39. The van der Waals surface area contributed by atoms with Crippen molar-refractivity contribution < 1.29 is 49.5 Å². The minimum Gasteiger partial charge on any atom is -0.549 e. The normalized spacial score (nSPS) is 12.8. The molecule has 222 valence electrons. The minimum absolute atomic E-state index is 0.0941. The first-order valence-electron chi connectivity index (χ1n) is 12.8. The lowest BCUT2D eigenvalue weighted by atomic mass is 10.0. The number of carbonyl (C=O) groups is 5. The molecule has 2 atom stereocenters. The van der Waals surface area contributed by atoms with Crippen molar-refractivity contribution in [1.29, 1.82) is 0 Å². The predicted octanol–water partition coefficient (Wildman–Crippen LogP) is -6.14. The molecule has 0 aliphatic heterocycles. The summed E-state index contributed by atoms with van der Waals surface area (Å²) in [6.07, 6.45) is -0.188. The van der Waals surface area contributed by atoms with Gasteiger partial charge in [-0.05, 0) is 24.0 Å². The summed E-state index contributed by atoms with van der Waals surface area (Å²) in [5, 5.41) is 58.1.